The van der Waals surface area contributed by atoms with Crippen molar-refractivity contribution in [2.75, 3.05) is 0 Å². The number of hydrogen-bond acceptors (Lipinski definition) is 2. The van der Waals surface area contributed by atoms with E-state index in [1.54, 1.807) is 0 Å². The molecule has 2 rings (SSSR count). The Morgan fingerprint density at radius 3 is 2.59 bits per heavy atom. The Bertz CT molecular complexity index is 556. The van der Waals surface area contributed by atoms with Gasteiger partial charge in [-0.3, -0.25) is 4.98 Å². The maximum Gasteiger partial charge on any atom is 0.0706 e. The number of halogens is 1. The van der Waals surface area contributed by atoms with Crippen LogP contribution in [-0.2, 0) is 12.0 Å². The summed E-state index contributed by atoms with van der Waals surface area (Å²) in [7, 11) is 0. The van der Waals surface area contributed by atoms with Crippen molar-refractivity contribution >= 4 is 22.5 Å². The molecule has 0 saturated carbocycles. The van der Waals surface area contributed by atoms with Crippen LogP contribution in [0.5, 0.6) is 0 Å². The van der Waals surface area contributed by atoms with Crippen molar-refractivity contribution in [3.8, 4) is 0 Å². The number of fused-ring (bicyclic) bond motifs is 1. The Labute approximate surface area is 107 Å². The van der Waals surface area contributed by atoms with Crippen LogP contribution in [0.1, 0.15) is 31.9 Å². The number of benzene rings is 1. The van der Waals surface area contributed by atoms with Crippen LogP contribution in [0.25, 0.3) is 10.9 Å². The van der Waals surface area contributed by atoms with Gasteiger partial charge in [0.05, 0.1) is 5.52 Å². The number of nitrogens with zero attached hydrogens (tertiary/aromatic N) is 1. The van der Waals surface area contributed by atoms with Crippen molar-refractivity contribution in [1.29, 1.82) is 0 Å². The topological polar surface area (TPSA) is 38.9 Å². The quantitative estimate of drug-likeness (QED) is 0.837. The summed E-state index contributed by atoms with van der Waals surface area (Å²) in [6.07, 6.45) is 1.87. The number of nitrogens with two attached hydrogens (primary N) is 1. The van der Waals surface area contributed by atoms with Gasteiger partial charge in [-0.05, 0) is 34.7 Å². The summed E-state index contributed by atoms with van der Waals surface area (Å²) in [5.74, 6) is 0. The normalized spacial score (nSPS) is 12.1. The average molecular weight is 249 g/mol. The first-order chi connectivity index (χ1) is 7.93. The molecule has 0 fully saturated rings. The largest absolute Gasteiger partial charge is 0.326 e. The second-order valence-electron chi connectivity index (χ2n) is 5.27. The van der Waals surface area contributed by atoms with Gasteiger partial charge < -0.3 is 5.73 Å². The van der Waals surface area contributed by atoms with Gasteiger partial charge in [-0.15, -0.1) is 0 Å². The van der Waals surface area contributed by atoms with E-state index in [0.29, 0.717) is 6.54 Å². The fourth-order valence-corrected chi connectivity index (χ4v) is 2.42. The molecule has 2 nitrogen and oxygen atoms in total. The summed E-state index contributed by atoms with van der Waals surface area (Å²) >= 11 is 6.08. The molecule has 0 aliphatic heterocycles. The monoisotopic (exact) mass is 248 g/mol. The van der Waals surface area contributed by atoms with Crippen molar-refractivity contribution in [2.45, 2.75) is 32.7 Å². The molecule has 0 amide bonds. The van der Waals surface area contributed by atoms with E-state index in [2.05, 4.69) is 25.8 Å². The van der Waals surface area contributed by atoms with Crippen LogP contribution in [0.4, 0.5) is 0 Å². The van der Waals surface area contributed by atoms with E-state index >= 15 is 0 Å². The number of aromatic nitrogens is 1. The summed E-state index contributed by atoms with van der Waals surface area (Å²) in [6.45, 7) is 7.05. The minimum atomic E-state index is 0.0283. The molecule has 0 bridgehead atoms. The zero-order chi connectivity index (χ0) is 12.6. The summed E-state index contributed by atoms with van der Waals surface area (Å²) in [5.41, 5.74) is 9.13. The Morgan fingerprint density at radius 2 is 2.00 bits per heavy atom. The van der Waals surface area contributed by atoms with Crippen molar-refractivity contribution in [2.24, 2.45) is 5.73 Å². The molecule has 1 aromatic carbocycles. The lowest BCUT2D eigenvalue weighted by atomic mass is 9.82. The molecule has 2 N–H and O–H groups in total. The fourth-order valence-electron chi connectivity index (χ4n) is 2.25. The summed E-state index contributed by atoms with van der Waals surface area (Å²) in [6, 6.07) is 5.79. The number of hydrogen-bond donors (Lipinski definition) is 1. The summed E-state index contributed by atoms with van der Waals surface area (Å²) < 4.78 is 0. The fraction of sp³-hybridized carbons (Fsp3) is 0.357. The Balaban J connectivity index is 2.87. The van der Waals surface area contributed by atoms with E-state index in [4.69, 9.17) is 17.3 Å². The van der Waals surface area contributed by atoms with Gasteiger partial charge in [0.15, 0.2) is 0 Å². The molecule has 0 spiro atoms. The first-order valence-corrected chi connectivity index (χ1v) is 6.09. The van der Waals surface area contributed by atoms with Crippen LogP contribution in [0.3, 0.4) is 0 Å². The minimum absolute atomic E-state index is 0.0283. The predicted octanol–water partition coefficient (Wildman–Crippen LogP) is 3.64. The lowest BCUT2D eigenvalue weighted by Crippen LogP contribution is -2.17. The molecule has 0 aliphatic rings. The van der Waals surface area contributed by atoms with Crippen LogP contribution in [0.2, 0.25) is 5.02 Å². The molecular formula is C14H17ClN2. The van der Waals surface area contributed by atoms with Gasteiger partial charge in [0.2, 0.25) is 0 Å². The molecule has 0 saturated heterocycles. The molecule has 0 unspecified atom stereocenters. The molecule has 3 heteroatoms. The average Bonchev–Trinajstić information content (AvgIpc) is 2.25. The van der Waals surface area contributed by atoms with Crippen LogP contribution >= 0.6 is 11.6 Å². The number of pyridine rings is 1. The van der Waals surface area contributed by atoms with Gasteiger partial charge in [0.25, 0.3) is 0 Å². The first kappa shape index (κ1) is 12.3. The van der Waals surface area contributed by atoms with Crippen LogP contribution in [-0.4, -0.2) is 4.98 Å². The third-order valence-electron chi connectivity index (χ3n) is 2.88. The molecular weight excluding hydrogens is 232 g/mol. The SMILES string of the molecule is CC(C)(C)c1c(CN)cnc2ccc(Cl)cc12. The lowest BCUT2D eigenvalue weighted by Gasteiger charge is -2.24. The van der Waals surface area contributed by atoms with Crippen molar-refractivity contribution < 1.29 is 0 Å². The van der Waals surface area contributed by atoms with Crippen molar-refractivity contribution in [3.63, 3.8) is 0 Å². The van der Waals surface area contributed by atoms with Crippen molar-refractivity contribution in [3.05, 3.63) is 40.5 Å². The third-order valence-corrected chi connectivity index (χ3v) is 3.11. The van der Waals surface area contributed by atoms with E-state index in [9.17, 15) is 0 Å². The maximum absolute atomic E-state index is 6.08. The van der Waals surface area contributed by atoms with E-state index in [-0.39, 0.29) is 5.41 Å². The summed E-state index contributed by atoms with van der Waals surface area (Å²) in [5, 5.41) is 1.84. The molecule has 1 heterocycles. The van der Waals surface area contributed by atoms with E-state index < -0.39 is 0 Å². The molecule has 0 aliphatic carbocycles. The standard InChI is InChI=1S/C14H17ClN2/c1-14(2,3)13-9(7-16)8-17-12-5-4-10(15)6-11(12)13/h4-6,8H,7,16H2,1-3H3. The zero-order valence-corrected chi connectivity index (χ0v) is 11.2. The molecule has 1 aromatic heterocycles. The molecule has 17 heavy (non-hydrogen) atoms. The van der Waals surface area contributed by atoms with Gasteiger partial charge >= 0.3 is 0 Å². The highest BCUT2D eigenvalue weighted by atomic mass is 35.5. The molecule has 0 atom stereocenters. The van der Waals surface area contributed by atoms with Crippen molar-refractivity contribution in [1.82, 2.24) is 4.98 Å². The van der Waals surface area contributed by atoms with Crippen LogP contribution < -0.4 is 5.73 Å². The third kappa shape index (κ3) is 2.28. The second-order valence-corrected chi connectivity index (χ2v) is 5.71. The molecule has 2 aromatic rings. The molecule has 0 radical (unpaired) electrons. The zero-order valence-electron chi connectivity index (χ0n) is 10.4. The Morgan fingerprint density at radius 1 is 1.29 bits per heavy atom. The van der Waals surface area contributed by atoms with E-state index in [1.807, 2.05) is 24.4 Å². The van der Waals surface area contributed by atoms with Crippen LogP contribution in [0, 0.1) is 0 Å². The molecule has 90 valence electrons. The smallest absolute Gasteiger partial charge is 0.0706 e. The predicted molar refractivity (Wildman–Crippen MR) is 73.3 cm³/mol. The van der Waals surface area contributed by atoms with Crippen LogP contribution in [0.15, 0.2) is 24.4 Å². The van der Waals surface area contributed by atoms with Gasteiger partial charge in [0, 0.05) is 23.2 Å². The van der Waals surface area contributed by atoms with Gasteiger partial charge in [-0.1, -0.05) is 32.4 Å². The van der Waals surface area contributed by atoms with E-state index in [1.165, 1.54) is 5.56 Å². The Kier molecular flexibility index (Phi) is 3.11. The Hall–Kier alpha value is -1.12. The highest BCUT2D eigenvalue weighted by Crippen LogP contribution is 2.33. The maximum atomic E-state index is 6.08. The minimum Gasteiger partial charge on any atom is -0.326 e. The van der Waals surface area contributed by atoms with Gasteiger partial charge in [-0.25, -0.2) is 0 Å². The first-order valence-electron chi connectivity index (χ1n) is 5.71. The van der Waals surface area contributed by atoms with E-state index in [0.717, 1.165) is 21.5 Å². The van der Waals surface area contributed by atoms with Gasteiger partial charge in [0.1, 0.15) is 0 Å². The highest BCUT2D eigenvalue weighted by molar-refractivity contribution is 6.31. The number of rotatable bonds is 1. The lowest BCUT2D eigenvalue weighted by molar-refractivity contribution is 0.587. The summed E-state index contributed by atoms with van der Waals surface area (Å²) in [4.78, 5) is 4.43. The van der Waals surface area contributed by atoms with Gasteiger partial charge in [-0.2, -0.15) is 0 Å². The highest BCUT2D eigenvalue weighted by Gasteiger charge is 2.21. The second kappa shape index (κ2) is 4.28.